The van der Waals surface area contributed by atoms with Crippen LogP contribution in [0.1, 0.15) is 6.92 Å². The standard InChI is InChI=1S/C8H16N2O2S/c1-6(5-11)10-8(12)7-4-9-2-3-13-7/h6-7,9,11H,2-5H2,1H3,(H,10,12). The molecule has 2 unspecified atom stereocenters. The normalized spacial score (nSPS) is 25.2. The molecule has 1 rings (SSSR count). The lowest BCUT2D eigenvalue weighted by Crippen LogP contribution is -2.46. The molecule has 1 aliphatic rings. The Balaban J connectivity index is 2.29. The van der Waals surface area contributed by atoms with Crippen LogP contribution < -0.4 is 10.6 Å². The summed E-state index contributed by atoms with van der Waals surface area (Å²) >= 11 is 1.67. The van der Waals surface area contributed by atoms with E-state index in [1.165, 1.54) is 0 Å². The zero-order valence-corrected chi connectivity index (χ0v) is 8.56. The van der Waals surface area contributed by atoms with Gasteiger partial charge >= 0.3 is 0 Å². The highest BCUT2D eigenvalue weighted by Gasteiger charge is 2.22. The first kappa shape index (κ1) is 10.8. The number of aliphatic hydroxyl groups is 1. The first-order chi connectivity index (χ1) is 6.24. The summed E-state index contributed by atoms with van der Waals surface area (Å²) in [5.74, 6) is 1.00. The smallest absolute Gasteiger partial charge is 0.234 e. The van der Waals surface area contributed by atoms with E-state index in [9.17, 15) is 4.79 Å². The van der Waals surface area contributed by atoms with Crippen molar-refractivity contribution in [3.8, 4) is 0 Å². The van der Waals surface area contributed by atoms with Crippen LogP contribution in [0.2, 0.25) is 0 Å². The minimum atomic E-state index is -0.143. The van der Waals surface area contributed by atoms with Crippen LogP contribution in [0, 0.1) is 0 Å². The van der Waals surface area contributed by atoms with Gasteiger partial charge in [-0.15, -0.1) is 11.8 Å². The minimum absolute atomic E-state index is 0.00255. The van der Waals surface area contributed by atoms with E-state index >= 15 is 0 Å². The Morgan fingerprint density at radius 1 is 1.85 bits per heavy atom. The number of aliphatic hydroxyl groups excluding tert-OH is 1. The van der Waals surface area contributed by atoms with Crippen LogP contribution in [0.15, 0.2) is 0 Å². The van der Waals surface area contributed by atoms with Crippen molar-refractivity contribution in [3.05, 3.63) is 0 Å². The summed E-state index contributed by atoms with van der Waals surface area (Å²) in [6.07, 6.45) is 0. The van der Waals surface area contributed by atoms with Crippen molar-refractivity contribution in [2.24, 2.45) is 0 Å². The second kappa shape index (κ2) is 5.47. The molecule has 0 aromatic rings. The molecular formula is C8H16N2O2S. The average molecular weight is 204 g/mol. The molecule has 4 nitrogen and oxygen atoms in total. The molecule has 1 aliphatic heterocycles. The highest BCUT2D eigenvalue weighted by atomic mass is 32.2. The number of hydrogen-bond acceptors (Lipinski definition) is 4. The van der Waals surface area contributed by atoms with Crippen molar-refractivity contribution in [1.29, 1.82) is 0 Å². The Morgan fingerprint density at radius 2 is 2.62 bits per heavy atom. The molecule has 1 amide bonds. The largest absolute Gasteiger partial charge is 0.394 e. The highest BCUT2D eigenvalue weighted by Crippen LogP contribution is 2.13. The fraction of sp³-hybridized carbons (Fsp3) is 0.875. The third-order valence-corrected chi connectivity index (χ3v) is 3.11. The maximum atomic E-state index is 11.5. The lowest BCUT2D eigenvalue weighted by molar-refractivity contribution is -0.121. The molecule has 1 fully saturated rings. The van der Waals surface area contributed by atoms with Gasteiger partial charge in [-0.1, -0.05) is 0 Å². The fourth-order valence-corrected chi connectivity index (χ4v) is 2.12. The van der Waals surface area contributed by atoms with Gasteiger partial charge in [-0.2, -0.15) is 0 Å². The zero-order chi connectivity index (χ0) is 9.68. The van der Waals surface area contributed by atoms with E-state index in [0.29, 0.717) is 0 Å². The van der Waals surface area contributed by atoms with E-state index in [1.807, 2.05) is 0 Å². The van der Waals surface area contributed by atoms with Crippen molar-refractivity contribution >= 4 is 17.7 Å². The van der Waals surface area contributed by atoms with Gasteiger partial charge in [0.05, 0.1) is 11.9 Å². The predicted octanol–water partition coefficient (Wildman–Crippen LogP) is -0.812. The van der Waals surface area contributed by atoms with Gasteiger partial charge in [-0.3, -0.25) is 4.79 Å². The molecule has 0 aromatic carbocycles. The second-order valence-electron chi connectivity index (χ2n) is 3.16. The Kier molecular flexibility index (Phi) is 4.55. The average Bonchev–Trinajstić information content (AvgIpc) is 2.19. The Bertz CT molecular complexity index is 172. The molecular weight excluding hydrogens is 188 g/mol. The summed E-state index contributed by atoms with van der Waals surface area (Å²) in [7, 11) is 0. The van der Waals surface area contributed by atoms with Crippen LogP contribution in [0.3, 0.4) is 0 Å². The molecule has 0 saturated carbocycles. The van der Waals surface area contributed by atoms with Crippen LogP contribution in [0.5, 0.6) is 0 Å². The number of nitrogens with one attached hydrogen (secondary N) is 2. The van der Waals surface area contributed by atoms with Gasteiger partial charge in [0.1, 0.15) is 0 Å². The van der Waals surface area contributed by atoms with Gasteiger partial charge in [-0.05, 0) is 6.92 Å². The summed E-state index contributed by atoms with van der Waals surface area (Å²) < 4.78 is 0. The minimum Gasteiger partial charge on any atom is -0.394 e. The van der Waals surface area contributed by atoms with E-state index in [4.69, 9.17) is 5.11 Å². The van der Waals surface area contributed by atoms with Crippen molar-refractivity contribution in [2.75, 3.05) is 25.4 Å². The molecule has 76 valence electrons. The maximum Gasteiger partial charge on any atom is 0.234 e. The number of thioether (sulfide) groups is 1. The Labute approximate surface area is 82.5 Å². The maximum absolute atomic E-state index is 11.5. The molecule has 3 N–H and O–H groups in total. The van der Waals surface area contributed by atoms with E-state index in [1.54, 1.807) is 18.7 Å². The van der Waals surface area contributed by atoms with Crippen LogP contribution >= 0.6 is 11.8 Å². The fourth-order valence-electron chi connectivity index (χ4n) is 1.12. The van der Waals surface area contributed by atoms with E-state index in [2.05, 4.69) is 10.6 Å². The van der Waals surface area contributed by atoms with Crippen molar-refractivity contribution in [1.82, 2.24) is 10.6 Å². The highest BCUT2D eigenvalue weighted by molar-refractivity contribution is 8.00. The van der Waals surface area contributed by atoms with Crippen molar-refractivity contribution in [2.45, 2.75) is 18.2 Å². The van der Waals surface area contributed by atoms with E-state index in [0.717, 1.165) is 18.8 Å². The number of rotatable bonds is 3. The molecule has 5 heteroatoms. The molecule has 0 aromatic heterocycles. The molecule has 2 atom stereocenters. The topological polar surface area (TPSA) is 61.4 Å². The number of carbonyl (C=O) groups is 1. The van der Waals surface area contributed by atoms with Crippen LogP contribution in [0.4, 0.5) is 0 Å². The van der Waals surface area contributed by atoms with Crippen molar-refractivity contribution < 1.29 is 9.90 Å². The first-order valence-corrected chi connectivity index (χ1v) is 5.52. The summed E-state index contributed by atoms with van der Waals surface area (Å²) in [4.78, 5) is 11.5. The number of hydrogen-bond donors (Lipinski definition) is 3. The Hall–Kier alpha value is -0.260. The van der Waals surface area contributed by atoms with Crippen molar-refractivity contribution in [3.63, 3.8) is 0 Å². The lowest BCUT2D eigenvalue weighted by atomic mass is 10.3. The molecule has 13 heavy (non-hydrogen) atoms. The second-order valence-corrected chi connectivity index (χ2v) is 4.47. The monoisotopic (exact) mass is 204 g/mol. The SMILES string of the molecule is CC(CO)NC(=O)C1CNCCS1. The van der Waals surface area contributed by atoms with Crippen LogP contribution in [-0.2, 0) is 4.79 Å². The van der Waals surface area contributed by atoms with Crippen LogP contribution in [-0.4, -0.2) is 47.8 Å². The molecule has 1 saturated heterocycles. The number of carbonyl (C=O) groups excluding carboxylic acids is 1. The molecule has 0 radical (unpaired) electrons. The third kappa shape index (κ3) is 3.54. The third-order valence-electron chi connectivity index (χ3n) is 1.88. The quantitative estimate of drug-likeness (QED) is 0.562. The summed E-state index contributed by atoms with van der Waals surface area (Å²) in [5.41, 5.74) is 0. The summed E-state index contributed by atoms with van der Waals surface area (Å²) in [6, 6.07) is -0.143. The molecule has 1 heterocycles. The van der Waals surface area contributed by atoms with Gasteiger partial charge in [0, 0.05) is 24.9 Å². The molecule has 0 aliphatic carbocycles. The molecule has 0 bridgehead atoms. The first-order valence-electron chi connectivity index (χ1n) is 4.47. The summed E-state index contributed by atoms with van der Waals surface area (Å²) in [6.45, 7) is 3.49. The van der Waals surface area contributed by atoms with Gasteiger partial charge < -0.3 is 15.7 Å². The van der Waals surface area contributed by atoms with Gasteiger partial charge in [0.15, 0.2) is 0 Å². The van der Waals surface area contributed by atoms with Gasteiger partial charge in [0.25, 0.3) is 0 Å². The van der Waals surface area contributed by atoms with Gasteiger partial charge in [0.2, 0.25) is 5.91 Å². The predicted molar refractivity (Wildman–Crippen MR) is 53.8 cm³/mol. The molecule has 0 spiro atoms. The van der Waals surface area contributed by atoms with Gasteiger partial charge in [-0.25, -0.2) is 0 Å². The lowest BCUT2D eigenvalue weighted by Gasteiger charge is -2.23. The van der Waals surface area contributed by atoms with E-state index < -0.39 is 0 Å². The zero-order valence-electron chi connectivity index (χ0n) is 7.75. The summed E-state index contributed by atoms with van der Waals surface area (Å²) in [5, 5.41) is 14.7. The number of amides is 1. The Morgan fingerprint density at radius 3 is 3.15 bits per heavy atom. The van der Waals surface area contributed by atoms with E-state index in [-0.39, 0.29) is 23.8 Å². The van der Waals surface area contributed by atoms with Crippen LogP contribution in [0.25, 0.3) is 0 Å².